The van der Waals surface area contributed by atoms with Crippen LogP contribution in [0.3, 0.4) is 0 Å². The lowest BCUT2D eigenvalue weighted by atomic mass is 10.3. The Labute approximate surface area is 100 Å². The molecule has 0 aliphatic rings. The van der Waals surface area contributed by atoms with Crippen LogP contribution in [0.2, 0.25) is 0 Å². The van der Waals surface area contributed by atoms with Crippen molar-refractivity contribution < 1.29 is 0 Å². The first kappa shape index (κ1) is 11.6. The maximum Gasteiger partial charge on any atom is 0.156 e. The molecule has 4 N–H and O–H groups in total. The van der Waals surface area contributed by atoms with E-state index in [0.29, 0.717) is 6.54 Å². The molecular weight excluding hydrogens is 214 g/mol. The highest BCUT2D eigenvalue weighted by molar-refractivity contribution is 5.53. The van der Waals surface area contributed by atoms with E-state index in [9.17, 15) is 0 Å². The normalized spacial score (nSPS) is 10.5. The van der Waals surface area contributed by atoms with Crippen molar-refractivity contribution in [1.82, 2.24) is 15.0 Å². The Hall–Kier alpha value is -1.88. The molecule has 2 heterocycles. The summed E-state index contributed by atoms with van der Waals surface area (Å²) in [5.41, 5.74) is 7.39. The molecule has 90 valence electrons. The van der Waals surface area contributed by atoms with Gasteiger partial charge in [0.1, 0.15) is 11.5 Å². The second kappa shape index (κ2) is 5.45. The van der Waals surface area contributed by atoms with Gasteiger partial charge in [0.05, 0.1) is 0 Å². The number of H-pyrrole nitrogens is 1. The monoisotopic (exact) mass is 231 g/mol. The molecule has 2 rings (SSSR count). The predicted molar refractivity (Wildman–Crippen MR) is 68.7 cm³/mol. The molecule has 0 saturated carbocycles. The van der Waals surface area contributed by atoms with Gasteiger partial charge in [0, 0.05) is 25.0 Å². The van der Waals surface area contributed by atoms with Crippen LogP contribution in [-0.2, 0) is 6.42 Å². The summed E-state index contributed by atoms with van der Waals surface area (Å²) in [5, 5.41) is 3.15. The zero-order chi connectivity index (χ0) is 12.1. The summed E-state index contributed by atoms with van der Waals surface area (Å²) >= 11 is 0. The van der Waals surface area contributed by atoms with Crippen LogP contribution in [0, 0.1) is 0 Å². The van der Waals surface area contributed by atoms with Crippen molar-refractivity contribution in [3.05, 3.63) is 30.1 Å². The molecule has 0 spiro atoms. The van der Waals surface area contributed by atoms with Crippen molar-refractivity contribution >= 4 is 5.82 Å². The Morgan fingerprint density at radius 1 is 1.41 bits per heavy atom. The van der Waals surface area contributed by atoms with Crippen molar-refractivity contribution in [3.63, 3.8) is 0 Å². The van der Waals surface area contributed by atoms with Crippen LogP contribution in [0.1, 0.15) is 12.6 Å². The predicted octanol–water partition coefficient (Wildman–Crippen LogP) is 1.40. The Morgan fingerprint density at radius 3 is 3.00 bits per heavy atom. The van der Waals surface area contributed by atoms with E-state index in [2.05, 4.69) is 27.2 Å². The molecule has 0 unspecified atom stereocenters. The Bertz CT molecular complexity index is 477. The van der Waals surface area contributed by atoms with Crippen LogP contribution in [-0.4, -0.2) is 28.0 Å². The van der Waals surface area contributed by atoms with E-state index in [1.165, 1.54) is 0 Å². The lowest BCUT2D eigenvalue weighted by molar-refractivity contribution is 1.01. The molecular formula is C12H17N5. The van der Waals surface area contributed by atoms with Crippen molar-refractivity contribution in [2.24, 2.45) is 5.73 Å². The molecule has 5 heteroatoms. The molecule has 0 fully saturated rings. The lowest BCUT2D eigenvalue weighted by Crippen LogP contribution is -2.13. The first-order chi connectivity index (χ1) is 8.33. The fourth-order valence-corrected chi connectivity index (χ4v) is 1.53. The Kier molecular flexibility index (Phi) is 3.72. The number of nitrogens with zero attached hydrogens (tertiary/aromatic N) is 2. The first-order valence-corrected chi connectivity index (χ1v) is 5.78. The number of aryl methyl sites for hydroxylation is 1. The number of imidazole rings is 1. The summed E-state index contributed by atoms with van der Waals surface area (Å²) in [6, 6.07) is 5.81. The molecule has 0 bridgehead atoms. The molecule has 0 aliphatic carbocycles. The van der Waals surface area contributed by atoms with Crippen molar-refractivity contribution in [1.29, 1.82) is 0 Å². The van der Waals surface area contributed by atoms with Crippen LogP contribution in [0.5, 0.6) is 0 Å². The second-order valence-corrected chi connectivity index (χ2v) is 3.73. The average molecular weight is 231 g/mol. The number of rotatable bonds is 5. The van der Waals surface area contributed by atoms with Gasteiger partial charge in [-0.15, -0.1) is 0 Å². The van der Waals surface area contributed by atoms with Gasteiger partial charge in [-0.2, -0.15) is 0 Å². The van der Waals surface area contributed by atoms with Gasteiger partial charge < -0.3 is 16.0 Å². The smallest absolute Gasteiger partial charge is 0.156 e. The summed E-state index contributed by atoms with van der Waals surface area (Å²) in [5.74, 6) is 1.63. The van der Waals surface area contributed by atoms with Gasteiger partial charge in [-0.1, -0.05) is 13.0 Å². The number of hydrogen-bond donors (Lipinski definition) is 3. The molecule has 2 aromatic rings. The third kappa shape index (κ3) is 2.82. The highest BCUT2D eigenvalue weighted by atomic mass is 15.0. The van der Waals surface area contributed by atoms with Gasteiger partial charge in [0.15, 0.2) is 5.82 Å². The summed E-state index contributed by atoms with van der Waals surface area (Å²) in [4.78, 5) is 12.0. The zero-order valence-corrected chi connectivity index (χ0v) is 9.90. The molecule has 2 aromatic heterocycles. The highest BCUT2D eigenvalue weighted by Crippen LogP contribution is 2.15. The maximum atomic E-state index is 5.44. The third-order valence-corrected chi connectivity index (χ3v) is 2.45. The first-order valence-electron chi connectivity index (χ1n) is 5.78. The number of nitrogens with two attached hydrogens (primary N) is 1. The molecule has 0 aliphatic heterocycles. The minimum atomic E-state index is 0.590. The quantitative estimate of drug-likeness (QED) is 0.726. The second-order valence-electron chi connectivity index (χ2n) is 3.73. The number of pyridine rings is 1. The van der Waals surface area contributed by atoms with Gasteiger partial charge >= 0.3 is 0 Å². The average Bonchev–Trinajstić information content (AvgIpc) is 2.85. The minimum Gasteiger partial charge on any atom is -0.369 e. The largest absolute Gasteiger partial charge is 0.369 e. The number of hydrogen-bond acceptors (Lipinski definition) is 4. The molecule has 0 amide bonds. The Balaban J connectivity index is 2.20. The van der Waals surface area contributed by atoms with Gasteiger partial charge in [0.2, 0.25) is 0 Å². The highest BCUT2D eigenvalue weighted by Gasteiger charge is 2.04. The van der Waals surface area contributed by atoms with Gasteiger partial charge in [-0.3, -0.25) is 0 Å². The fraction of sp³-hybridized carbons (Fsp3) is 0.333. The number of nitrogens with one attached hydrogen (secondary N) is 2. The number of anilines is 1. The van der Waals surface area contributed by atoms with E-state index in [-0.39, 0.29) is 0 Å². The van der Waals surface area contributed by atoms with Crippen LogP contribution in [0.15, 0.2) is 24.4 Å². The van der Waals surface area contributed by atoms with E-state index in [1.807, 2.05) is 24.4 Å². The van der Waals surface area contributed by atoms with Crippen LogP contribution in [0.25, 0.3) is 11.5 Å². The molecule has 0 atom stereocenters. The van der Waals surface area contributed by atoms with E-state index in [1.54, 1.807) is 0 Å². The topological polar surface area (TPSA) is 79.6 Å². The van der Waals surface area contributed by atoms with Crippen LogP contribution >= 0.6 is 0 Å². The molecule has 0 aromatic carbocycles. The van der Waals surface area contributed by atoms with Crippen LogP contribution in [0.4, 0.5) is 5.82 Å². The van der Waals surface area contributed by atoms with Crippen molar-refractivity contribution in [2.75, 3.05) is 18.4 Å². The minimum absolute atomic E-state index is 0.590. The number of aromatic amines is 1. The Morgan fingerprint density at radius 2 is 2.29 bits per heavy atom. The van der Waals surface area contributed by atoms with Gasteiger partial charge in [-0.05, 0) is 18.6 Å². The molecule has 17 heavy (non-hydrogen) atoms. The molecule has 0 radical (unpaired) electrons. The van der Waals surface area contributed by atoms with Crippen molar-refractivity contribution in [3.8, 4) is 11.5 Å². The fourth-order valence-electron chi connectivity index (χ4n) is 1.53. The third-order valence-electron chi connectivity index (χ3n) is 2.45. The number of aromatic nitrogens is 3. The van der Waals surface area contributed by atoms with E-state index < -0.39 is 0 Å². The SMILES string of the molecule is CCc1cnc(-c2cccc(NCCN)n2)[nH]1. The molecule has 0 saturated heterocycles. The standard InChI is InChI=1S/C12H17N5/c1-2-9-8-15-12(16-9)10-4-3-5-11(17-10)14-7-6-13/h3-5,8H,2,6-7,13H2,1H3,(H,14,17)(H,15,16). The summed E-state index contributed by atoms with van der Waals surface area (Å²) in [6.07, 6.45) is 2.79. The summed E-state index contributed by atoms with van der Waals surface area (Å²) in [6.45, 7) is 3.39. The van der Waals surface area contributed by atoms with E-state index in [4.69, 9.17) is 5.73 Å². The van der Waals surface area contributed by atoms with Crippen molar-refractivity contribution in [2.45, 2.75) is 13.3 Å². The van der Waals surface area contributed by atoms with Gasteiger partial charge in [-0.25, -0.2) is 9.97 Å². The maximum absolute atomic E-state index is 5.44. The summed E-state index contributed by atoms with van der Waals surface area (Å²) in [7, 11) is 0. The molecule has 5 nitrogen and oxygen atoms in total. The van der Waals surface area contributed by atoms with E-state index >= 15 is 0 Å². The lowest BCUT2D eigenvalue weighted by Gasteiger charge is -2.04. The van der Waals surface area contributed by atoms with E-state index in [0.717, 1.165) is 36.0 Å². The van der Waals surface area contributed by atoms with Gasteiger partial charge in [0.25, 0.3) is 0 Å². The van der Waals surface area contributed by atoms with Crippen LogP contribution < -0.4 is 11.1 Å². The zero-order valence-electron chi connectivity index (χ0n) is 9.90. The summed E-state index contributed by atoms with van der Waals surface area (Å²) < 4.78 is 0.